The van der Waals surface area contributed by atoms with E-state index in [1.807, 2.05) is 0 Å². The Labute approximate surface area is 152 Å². The topological polar surface area (TPSA) is 80.2 Å². The number of pyridine rings is 1. The molecule has 4 heterocycles. The number of nitrogens with zero attached hydrogens (tertiary/aromatic N) is 5. The van der Waals surface area contributed by atoms with Gasteiger partial charge in [0.2, 0.25) is 5.95 Å². The van der Waals surface area contributed by atoms with E-state index in [1.54, 1.807) is 41.1 Å². The van der Waals surface area contributed by atoms with Crippen molar-refractivity contribution in [3.63, 3.8) is 0 Å². The van der Waals surface area contributed by atoms with Crippen molar-refractivity contribution in [3.8, 4) is 11.5 Å². The summed E-state index contributed by atoms with van der Waals surface area (Å²) in [6, 6.07) is 8.75. The van der Waals surface area contributed by atoms with Crippen LogP contribution in [0.4, 0.5) is 19.1 Å². The summed E-state index contributed by atoms with van der Waals surface area (Å²) in [5, 5.41) is 18.2. The summed E-state index contributed by atoms with van der Waals surface area (Å²) in [5.74, 6) is 1.23. The van der Waals surface area contributed by atoms with Crippen LogP contribution in [0.15, 0.2) is 47.2 Å². The fourth-order valence-corrected chi connectivity index (χ4v) is 3.11. The molecule has 10 heteroatoms. The lowest BCUT2D eigenvalue weighted by atomic mass is 10.0. The first kappa shape index (κ1) is 17.5. The molecule has 27 heavy (non-hydrogen) atoms. The maximum absolute atomic E-state index is 13.2. The summed E-state index contributed by atoms with van der Waals surface area (Å²) in [6.07, 6.45) is -2.03. The zero-order valence-electron chi connectivity index (χ0n) is 14.1. The summed E-state index contributed by atoms with van der Waals surface area (Å²) in [4.78, 5) is 5.63. The summed E-state index contributed by atoms with van der Waals surface area (Å²) in [6.45, 7) is -0.369. The number of furan rings is 1. The first-order valence-corrected chi connectivity index (χ1v) is 8.28. The van der Waals surface area contributed by atoms with Crippen molar-refractivity contribution in [1.29, 1.82) is 0 Å². The van der Waals surface area contributed by atoms with Gasteiger partial charge in [-0.15, -0.1) is 10.2 Å². The van der Waals surface area contributed by atoms with Gasteiger partial charge in [0.15, 0.2) is 11.4 Å². The number of alkyl halides is 3. The lowest BCUT2D eigenvalue weighted by molar-refractivity contribution is -0.250. The molecule has 0 bridgehead atoms. The number of hydrogen-bond donors (Lipinski definition) is 1. The van der Waals surface area contributed by atoms with E-state index >= 15 is 0 Å². The molecule has 0 aliphatic carbocycles. The Morgan fingerprint density at radius 1 is 1.19 bits per heavy atom. The third-order valence-corrected chi connectivity index (χ3v) is 4.58. The second kappa shape index (κ2) is 6.38. The number of halogens is 3. The summed E-state index contributed by atoms with van der Waals surface area (Å²) in [5.41, 5.74) is -2.23. The SMILES string of the molecule is OC1(C(F)(F)F)CCN(c2nnc(-c3ccccn3)n2Cc2ccco2)C1. The third kappa shape index (κ3) is 3.16. The normalized spacial score (nSPS) is 20.4. The molecule has 4 rings (SSSR count). The van der Waals surface area contributed by atoms with E-state index in [-0.39, 0.29) is 19.0 Å². The predicted molar refractivity (Wildman–Crippen MR) is 88.9 cm³/mol. The van der Waals surface area contributed by atoms with Gasteiger partial charge >= 0.3 is 6.18 Å². The van der Waals surface area contributed by atoms with Crippen LogP contribution >= 0.6 is 0 Å². The summed E-state index contributed by atoms with van der Waals surface area (Å²) in [7, 11) is 0. The number of rotatable bonds is 4. The molecule has 1 saturated heterocycles. The number of aliphatic hydroxyl groups is 1. The summed E-state index contributed by atoms with van der Waals surface area (Å²) < 4.78 is 46.5. The van der Waals surface area contributed by atoms with E-state index in [9.17, 15) is 18.3 Å². The third-order valence-electron chi connectivity index (χ3n) is 4.58. The van der Waals surface area contributed by atoms with E-state index in [0.29, 0.717) is 17.3 Å². The number of hydrogen-bond acceptors (Lipinski definition) is 6. The molecule has 0 aromatic carbocycles. The highest BCUT2D eigenvalue weighted by Gasteiger charge is 2.57. The molecule has 0 saturated carbocycles. The van der Waals surface area contributed by atoms with Crippen molar-refractivity contribution in [2.75, 3.05) is 18.0 Å². The van der Waals surface area contributed by atoms with Crippen LogP contribution in [0, 0.1) is 0 Å². The highest BCUT2D eigenvalue weighted by molar-refractivity contribution is 5.53. The van der Waals surface area contributed by atoms with Gasteiger partial charge in [-0.1, -0.05) is 6.07 Å². The predicted octanol–water partition coefficient (Wildman–Crippen LogP) is 2.48. The molecule has 0 spiro atoms. The van der Waals surface area contributed by atoms with Crippen molar-refractivity contribution in [1.82, 2.24) is 19.7 Å². The van der Waals surface area contributed by atoms with Crippen LogP contribution in [0.5, 0.6) is 0 Å². The van der Waals surface area contributed by atoms with E-state index in [4.69, 9.17) is 4.42 Å². The van der Waals surface area contributed by atoms with Crippen LogP contribution in [0.3, 0.4) is 0 Å². The summed E-state index contributed by atoms with van der Waals surface area (Å²) >= 11 is 0. The van der Waals surface area contributed by atoms with Gasteiger partial charge in [-0.25, -0.2) is 0 Å². The molecular formula is C17H16F3N5O2. The number of β-amino-alcohol motifs (C(OH)–C–C–N with tert-alkyl or cyclic N) is 1. The highest BCUT2D eigenvalue weighted by Crippen LogP contribution is 2.39. The molecule has 0 radical (unpaired) electrons. The smallest absolute Gasteiger partial charge is 0.419 e. The van der Waals surface area contributed by atoms with Crippen molar-refractivity contribution < 1.29 is 22.7 Å². The van der Waals surface area contributed by atoms with E-state index in [1.165, 1.54) is 11.2 Å². The van der Waals surface area contributed by atoms with E-state index in [2.05, 4.69) is 15.2 Å². The Balaban J connectivity index is 1.72. The zero-order valence-corrected chi connectivity index (χ0v) is 14.1. The minimum atomic E-state index is -4.71. The first-order valence-electron chi connectivity index (χ1n) is 8.28. The Hall–Kier alpha value is -2.88. The van der Waals surface area contributed by atoms with Gasteiger partial charge in [-0.05, 0) is 24.3 Å². The number of anilines is 1. The first-order chi connectivity index (χ1) is 12.9. The second-order valence-electron chi connectivity index (χ2n) is 6.40. The van der Waals surface area contributed by atoms with Gasteiger partial charge in [0.25, 0.3) is 0 Å². The maximum atomic E-state index is 13.2. The molecule has 3 aromatic rings. The van der Waals surface area contributed by atoms with E-state index in [0.717, 1.165) is 0 Å². The standard InChI is InChI=1S/C17H16F3N5O2/c18-17(19,20)16(26)6-8-24(11-16)15-23-22-14(13-5-1-2-7-21-13)25(15)10-12-4-3-9-27-12/h1-5,7,9,26H,6,8,10-11H2. The fraction of sp³-hybridized carbons (Fsp3) is 0.353. The van der Waals surface area contributed by atoms with Crippen molar-refractivity contribution in [2.45, 2.75) is 24.7 Å². The molecule has 1 N–H and O–H groups in total. The Bertz CT molecular complexity index is 911. The average Bonchev–Trinajstić information content (AvgIpc) is 3.36. The molecule has 1 fully saturated rings. The van der Waals surface area contributed by atoms with Gasteiger partial charge in [0, 0.05) is 19.2 Å². The molecular weight excluding hydrogens is 363 g/mol. The Kier molecular flexibility index (Phi) is 4.14. The van der Waals surface area contributed by atoms with Gasteiger partial charge < -0.3 is 14.4 Å². The highest BCUT2D eigenvalue weighted by atomic mass is 19.4. The molecule has 1 unspecified atom stereocenters. The van der Waals surface area contributed by atoms with Crippen molar-refractivity contribution >= 4 is 5.95 Å². The second-order valence-corrected chi connectivity index (χ2v) is 6.40. The molecule has 142 valence electrons. The van der Waals surface area contributed by atoms with Crippen molar-refractivity contribution in [3.05, 3.63) is 48.6 Å². The van der Waals surface area contributed by atoms with Crippen LogP contribution in [0.25, 0.3) is 11.5 Å². The molecule has 3 aromatic heterocycles. The van der Waals surface area contributed by atoms with Gasteiger partial charge in [0.05, 0.1) is 19.4 Å². The minimum absolute atomic E-state index is 0.00845. The fourth-order valence-electron chi connectivity index (χ4n) is 3.11. The minimum Gasteiger partial charge on any atom is -0.467 e. The van der Waals surface area contributed by atoms with Crippen LogP contribution in [-0.2, 0) is 6.54 Å². The lowest BCUT2D eigenvalue weighted by Gasteiger charge is -2.26. The van der Waals surface area contributed by atoms with Crippen molar-refractivity contribution in [2.24, 2.45) is 0 Å². The quantitative estimate of drug-likeness (QED) is 0.750. The Morgan fingerprint density at radius 3 is 2.67 bits per heavy atom. The lowest BCUT2D eigenvalue weighted by Crippen LogP contribution is -2.47. The molecule has 1 aliphatic rings. The maximum Gasteiger partial charge on any atom is 0.419 e. The van der Waals surface area contributed by atoms with E-state index < -0.39 is 24.7 Å². The Morgan fingerprint density at radius 2 is 2.04 bits per heavy atom. The van der Waals surface area contributed by atoms with Gasteiger partial charge in [-0.3, -0.25) is 9.55 Å². The zero-order chi connectivity index (χ0) is 19.1. The van der Waals surface area contributed by atoms with Gasteiger partial charge in [0.1, 0.15) is 11.5 Å². The van der Waals surface area contributed by atoms with Crippen LogP contribution in [-0.4, -0.2) is 49.7 Å². The molecule has 7 nitrogen and oxygen atoms in total. The number of aromatic nitrogens is 4. The largest absolute Gasteiger partial charge is 0.467 e. The average molecular weight is 379 g/mol. The molecule has 1 atom stereocenters. The van der Waals surface area contributed by atoms with Crippen LogP contribution in [0.2, 0.25) is 0 Å². The van der Waals surface area contributed by atoms with Crippen LogP contribution < -0.4 is 4.90 Å². The monoisotopic (exact) mass is 379 g/mol. The molecule has 1 aliphatic heterocycles. The van der Waals surface area contributed by atoms with Crippen LogP contribution in [0.1, 0.15) is 12.2 Å². The van der Waals surface area contributed by atoms with Gasteiger partial charge in [-0.2, -0.15) is 13.2 Å². The molecule has 0 amide bonds.